The number of carboxylic acids is 1. The number of carboxylic acid groups (broad SMARTS) is 1. The number of carbonyl (C=O) groups is 2. The third-order valence-electron chi connectivity index (χ3n) is 1.52. The smallest absolute Gasteiger partial charge is 0.333 e. The van der Waals surface area contributed by atoms with Crippen LogP contribution in [-0.4, -0.2) is 23.7 Å². The molecule has 0 aromatic carbocycles. The van der Waals surface area contributed by atoms with E-state index in [0.717, 1.165) is 0 Å². The van der Waals surface area contributed by atoms with Crippen molar-refractivity contribution in [2.45, 2.75) is 20.8 Å². The van der Waals surface area contributed by atoms with Crippen molar-refractivity contribution in [3.8, 4) is 0 Å². The van der Waals surface area contributed by atoms with Gasteiger partial charge in [0.1, 0.15) is 0 Å². The minimum Gasteiger partial charge on any atom is -0.478 e. The number of hydrogen-bond donors (Lipinski definition) is 1. The molecular weight excluding hydrogens is 184 g/mol. The molecule has 4 heteroatoms. The zero-order valence-electron chi connectivity index (χ0n) is 8.53. The van der Waals surface area contributed by atoms with Crippen LogP contribution < -0.4 is 0 Å². The van der Waals surface area contributed by atoms with Gasteiger partial charge in [-0.2, -0.15) is 0 Å². The van der Waals surface area contributed by atoms with Crippen molar-refractivity contribution in [1.82, 2.24) is 0 Å². The molecule has 0 unspecified atom stereocenters. The molecule has 0 saturated heterocycles. The first-order valence-corrected chi connectivity index (χ1v) is 4.24. The van der Waals surface area contributed by atoms with Crippen molar-refractivity contribution >= 4 is 11.9 Å². The summed E-state index contributed by atoms with van der Waals surface area (Å²) >= 11 is 0. The van der Waals surface area contributed by atoms with Crippen molar-refractivity contribution in [2.24, 2.45) is 0 Å². The molecule has 0 amide bonds. The van der Waals surface area contributed by atoms with Gasteiger partial charge in [-0.1, -0.05) is 12.2 Å². The molecule has 1 N–H and O–H groups in total. The molecule has 0 spiro atoms. The Balaban J connectivity index is 4.46. The maximum absolute atomic E-state index is 11.1. The Kier molecular flexibility index (Phi) is 5.29. The Morgan fingerprint density at radius 3 is 2.14 bits per heavy atom. The highest BCUT2D eigenvalue weighted by Crippen LogP contribution is 2.00. The first kappa shape index (κ1) is 12.4. The van der Waals surface area contributed by atoms with Crippen LogP contribution in [0, 0.1) is 0 Å². The van der Waals surface area contributed by atoms with E-state index in [1.54, 1.807) is 13.8 Å². The predicted octanol–water partition coefficient (Wildman–Crippen LogP) is 1.53. The van der Waals surface area contributed by atoms with Gasteiger partial charge in [-0.3, -0.25) is 0 Å². The summed E-state index contributed by atoms with van der Waals surface area (Å²) in [4.78, 5) is 21.5. The average molecular weight is 198 g/mol. The molecule has 0 heterocycles. The van der Waals surface area contributed by atoms with Gasteiger partial charge < -0.3 is 9.84 Å². The fraction of sp³-hybridized carbons (Fsp3) is 0.400. The second kappa shape index (κ2) is 5.96. The van der Waals surface area contributed by atoms with E-state index in [-0.39, 0.29) is 5.57 Å². The monoisotopic (exact) mass is 198 g/mol. The average Bonchev–Trinajstić information content (AvgIpc) is 2.13. The number of aliphatic carboxylic acids is 1. The van der Waals surface area contributed by atoms with Crippen LogP contribution >= 0.6 is 0 Å². The molecule has 14 heavy (non-hydrogen) atoms. The van der Waals surface area contributed by atoms with Gasteiger partial charge in [0.05, 0.1) is 6.61 Å². The van der Waals surface area contributed by atoms with Crippen LogP contribution in [0.3, 0.4) is 0 Å². The number of allylic oxidation sites excluding steroid dienone is 2. The lowest BCUT2D eigenvalue weighted by atomic mass is 10.2. The van der Waals surface area contributed by atoms with Crippen molar-refractivity contribution in [3.05, 3.63) is 23.3 Å². The van der Waals surface area contributed by atoms with Crippen LogP contribution in [-0.2, 0) is 14.3 Å². The molecule has 0 aromatic rings. The summed E-state index contributed by atoms with van der Waals surface area (Å²) in [5.41, 5.74) is 0.557. The molecule has 0 saturated carbocycles. The van der Waals surface area contributed by atoms with E-state index >= 15 is 0 Å². The van der Waals surface area contributed by atoms with Crippen molar-refractivity contribution in [2.75, 3.05) is 6.61 Å². The summed E-state index contributed by atoms with van der Waals surface area (Å²) in [5.74, 6) is -1.43. The maximum Gasteiger partial charge on any atom is 0.333 e. The highest BCUT2D eigenvalue weighted by molar-refractivity contribution is 5.89. The lowest BCUT2D eigenvalue weighted by Gasteiger charge is -1.99. The zero-order chi connectivity index (χ0) is 11.1. The van der Waals surface area contributed by atoms with E-state index in [9.17, 15) is 9.59 Å². The summed E-state index contributed by atoms with van der Waals surface area (Å²) in [7, 11) is 0. The second-order valence-corrected chi connectivity index (χ2v) is 2.72. The van der Waals surface area contributed by atoms with Crippen LogP contribution in [0.25, 0.3) is 0 Å². The van der Waals surface area contributed by atoms with Crippen LogP contribution in [0.1, 0.15) is 20.8 Å². The molecule has 4 nitrogen and oxygen atoms in total. The van der Waals surface area contributed by atoms with Crippen LogP contribution in [0.2, 0.25) is 0 Å². The van der Waals surface area contributed by atoms with Gasteiger partial charge in [0.2, 0.25) is 0 Å². The summed E-state index contributed by atoms with van der Waals surface area (Å²) in [6, 6.07) is 0. The molecule has 0 aliphatic carbocycles. The normalized spacial score (nSPS) is 12.5. The fourth-order valence-corrected chi connectivity index (χ4v) is 0.634. The lowest BCUT2D eigenvalue weighted by molar-refractivity contribution is -0.138. The first-order valence-electron chi connectivity index (χ1n) is 4.24. The molecule has 0 fully saturated rings. The van der Waals surface area contributed by atoms with Gasteiger partial charge in [-0.15, -0.1) is 0 Å². The third kappa shape index (κ3) is 4.45. The minimum atomic E-state index is -1.00. The molecule has 0 bridgehead atoms. The van der Waals surface area contributed by atoms with Crippen LogP contribution in [0.15, 0.2) is 23.3 Å². The van der Waals surface area contributed by atoms with Gasteiger partial charge in [-0.05, 0) is 20.8 Å². The van der Waals surface area contributed by atoms with E-state index in [1.165, 1.54) is 19.1 Å². The van der Waals surface area contributed by atoms with Gasteiger partial charge >= 0.3 is 11.9 Å². The standard InChI is InChI=1S/C10H14O4/c1-4-14-10(13)8(3)6-5-7(2)9(11)12/h5-6H,4H2,1-3H3,(H,11,12). The quantitative estimate of drug-likeness (QED) is 0.422. The molecule has 0 aliphatic heterocycles. The van der Waals surface area contributed by atoms with E-state index in [2.05, 4.69) is 0 Å². The van der Waals surface area contributed by atoms with Gasteiger partial charge in [0, 0.05) is 11.1 Å². The molecular formula is C10H14O4. The summed E-state index contributed by atoms with van der Waals surface area (Å²) in [5, 5.41) is 8.52. The first-order chi connectivity index (χ1) is 6.49. The van der Waals surface area contributed by atoms with Crippen LogP contribution in [0.5, 0.6) is 0 Å². The van der Waals surface area contributed by atoms with E-state index < -0.39 is 11.9 Å². The molecule has 78 valence electrons. The molecule has 0 aliphatic rings. The summed E-state index contributed by atoms with van der Waals surface area (Å²) in [6.45, 7) is 5.05. The number of esters is 1. The Morgan fingerprint density at radius 1 is 1.21 bits per heavy atom. The maximum atomic E-state index is 11.1. The molecule has 0 radical (unpaired) electrons. The Morgan fingerprint density at radius 2 is 1.71 bits per heavy atom. The Hall–Kier alpha value is -1.58. The topological polar surface area (TPSA) is 63.6 Å². The van der Waals surface area contributed by atoms with E-state index in [0.29, 0.717) is 12.2 Å². The number of rotatable bonds is 4. The molecule has 0 aromatic heterocycles. The predicted molar refractivity (Wildman–Crippen MR) is 51.8 cm³/mol. The minimum absolute atomic E-state index is 0.175. The second-order valence-electron chi connectivity index (χ2n) is 2.72. The largest absolute Gasteiger partial charge is 0.478 e. The van der Waals surface area contributed by atoms with Crippen LogP contribution in [0.4, 0.5) is 0 Å². The van der Waals surface area contributed by atoms with Gasteiger partial charge in [-0.25, -0.2) is 9.59 Å². The van der Waals surface area contributed by atoms with Crippen molar-refractivity contribution in [1.29, 1.82) is 0 Å². The number of carbonyl (C=O) groups excluding carboxylic acids is 1. The Labute approximate surface area is 82.9 Å². The van der Waals surface area contributed by atoms with E-state index in [4.69, 9.17) is 9.84 Å². The van der Waals surface area contributed by atoms with Crippen molar-refractivity contribution in [3.63, 3.8) is 0 Å². The van der Waals surface area contributed by atoms with Crippen molar-refractivity contribution < 1.29 is 19.4 Å². The zero-order valence-corrected chi connectivity index (χ0v) is 8.53. The lowest BCUT2D eigenvalue weighted by Crippen LogP contribution is -2.04. The third-order valence-corrected chi connectivity index (χ3v) is 1.52. The Bertz CT molecular complexity index is 286. The number of ether oxygens (including phenoxy) is 1. The number of hydrogen-bond acceptors (Lipinski definition) is 3. The van der Waals surface area contributed by atoms with E-state index in [1.807, 2.05) is 0 Å². The summed E-state index contributed by atoms with van der Waals surface area (Å²) in [6.07, 6.45) is 2.80. The highest BCUT2D eigenvalue weighted by Gasteiger charge is 2.03. The summed E-state index contributed by atoms with van der Waals surface area (Å²) < 4.78 is 4.71. The van der Waals surface area contributed by atoms with Gasteiger partial charge in [0.15, 0.2) is 0 Å². The fourth-order valence-electron chi connectivity index (χ4n) is 0.634. The molecule has 0 rings (SSSR count). The highest BCUT2D eigenvalue weighted by atomic mass is 16.5. The van der Waals surface area contributed by atoms with Gasteiger partial charge in [0.25, 0.3) is 0 Å². The SMILES string of the molecule is CCOC(=O)C(C)=CC=C(C)C(=O)O. The molecule has 0 atom stereocenters.